The van der Waals surface area contributed by atoms with Gasteiger partial charge in [0.1, 0.15) is 0 Å². The summed E-state index contributed by atoms with van der Waals surface area (Å²) in [5.74, 6) is 0. The van der Waals surface area contributed by atoms with Crippen molar-refractivity contribution in [3.8, 4) is 0 Å². The van der Waals surface area contributed by atoms with Gasteiger partial charge in [0.15, 0.2) is 0 Å². The quantitative estimate of drug-likeness (QED) is 0.563. The van der Waals surface area contributed by atoms with E-state index in [0.29, 0.717) is 0 Å². The van der Waals surface area contributed by atoms with Crippen LogP contribution in [0, 0.1) is 0 Å². The fourth-order valence-corrected chi connectivity index (χ4v) is 2.77. The second-order valence-electron chi connectivity index (χ2n) is 4.74. The highest BCUT2D eigenvalue weighted by Crippen LogP contribution is 2.17. The van der Waals surface area contributed by atoms with Gasteiger partial charge in [0.05, 0.1) is 9.73 Å². The van der Waals surface area contributed by atoms with E-state index in [1.165, 1.54) is 5.69 Å². The maximum absolute atomic E-state index is 5.54. The number of nitrogens with zero attached hydrogens (tertiary/aromatic N) is 1. The Morgan fingerprint density at radius 1 is 0.762 bits per heavy atom. The van der Waals surface area contributed by atoms with Crippen molar-refractivity contribution in [1.82, 2.24) is 0 Å². The van der Waals surface area contributed by atoms with Crippen molar-refractivity contribution < 1.29 is 0 Å². The monoisotopic (exact) mass is 313 g/mol. The average Bonchev–Trinajstić information content (AvgIpc) is 2.56. The van der Waals surface area contributed by atoms with E-state index in [1.54, 1.807) is 0 Å². The van der Waals surface area contributed by atoms with E-state index in [-0.39, 0.29) is 0 Å². The normalized spacial score (nSPS) is 10.2. The highest BCUT2D eigenvalue weighted by Gasteiger charge is 2.10. The lowest BCUT2D eigenvalue weighted by molar-refractivity contribution is 0.866. The minimum absolute atomic E-state index is 0.737. The molecule has 0 spiro atoms. The molecule has 0 atom stereocenters. The molecule has 0 radical (unpaired) electrons. The van der Waals surface area contributed by atoms with E-state index >= 15 is 0 Å². The molecule has 0 saturated heterocycles. The van der Waals surface area contributed by atoms with Crippen LogP contribution in [0.3, 0.4) is 0 Å². The summed E-state index contributed by atoms with van der Waals surface area (Å²) in [4.78, 5) is 3.78. The molecule has 2 rings (SSSR count). The number of thiocarbonyl (C=S) groups is 2. The van der Waals surface area contributed by atoms with Crippen molar-refractivity contribution in [3.05, 3.63) is 65.7 Å². The zero-order valence-electron chi connectivity index (χ0n) is 12.4. The van der Waals surface area contributed by atoms with Gasteiger partial charge >= 0.3 is 0 Å². The Morgan fingerprint density at radius 2 is 1.24 bits per heavy atom. The fourth-order valence-electron chi connectivity index (χ4n) is 2.26. The van der Waals surface area contributed by atoms with Crippen LogP contribution in [-0.2, 0) is 0 Å². The first-order valence-electron chi connectivity index (χ1n) is 7.16. The van der Waals surface area contributed by atoms with Gasteiger partial charge in [0, 0.05) is 18.8 Å². The Hall–Kier alpha value is -1.58. The lowest BCUT2D eigenvalue weighted by atomic mass is 10.0. The van der Waals surface area contributed by atoms with E-state index in [0.717, 1.165) is 33.9 Å². The molecule has 0 bridgehead atoms. The van der Waals surface area contributed by atoms with E-state index in [9.17, 15) is 0 Å². The number of hydrogen-bond donors (Lipinski definition) is 0. The Morgan fingerprint density at radius 3 is 1.71 bits per heavy atom. The summed E-state index contributed by atoms with van der Waals surface area (Å²) >= 11 is 11.0. The van der Waals surface area contributed by atoms with Crippen LogP contribution in [0.15, 0.2) is 54.6 Å². The summed E-state index contributed by atoms with van der Waals surface area (Å²) in [5.41, 5.74) is 3.23. The third kappa shape index (κ3) is 3.74. The summed E-state index contributed by atoms with van der Waals surface area (Å²) in [6, 6.07) is 18.3. The van der Waals surface area contributed by atoms with Gasteiger partial charge in [-0.25, -0.2) is 0 Å². The molecule has 0 aliphatic rings. The summed E-state index contributed by atoms with van der Waals surface area (Å²) in [6.45, 7) is 6.32. The number of benzene rings is 2. The molecule has 0 aromatic heterocycles. The van der Waals surface area contributed by atoms with Crippen molar-refractivity contribution >= 4 is 39.9 Å². The first kappa shape index (κ1) is 15.8. The Kier molecular flexibility index (Phi) is 5.59. The number of anilines is 1. The second-order valence-corrected chi connectivity index (χ2v) is 5.56. The van der Waals surface area contributed by atoms with Crippen LogP contribution in [0.1, 0.15) is 25.0 Å². The van der Waals surface area contributed by atoms with Crippen molar-refractivity contribution in [2.45, 2.75) is 13.8 Å². The van der Waals surface area contributed by atoms with Crippen LogP contribution in [0.2, 0.25) is 0 Å². The molecule has 0 amide bonds. The van der Waals surface area contributed by atoms with Crippen molar-refractivity contribution in [1.29, 1.82) is 0 Å². The lowest BCUT2D eigenvalue weighted by Crippen LogP contribution is -2.21. The van der Waals surface area contributed by atoms with Gasteiger partial charge in [-0.05, 0) is 37.1 Å². The maximum Gasteiger partial charge on any atom is 0.0636 e. The van der Waals surface area contributed by atoms with Gasteiger partial charge in [0.25, 0.3) is 0 Å². The molecule has 0 heterocycles. The van der Waals surface area contributed by atoms with Crippen molar-refractivity contribution in [3.63, 3.8) is 0 Å². The molecule has 1 nitrogen and oxygen atoms in total. The van der Waals surface area contributed by atoms with Gasteiger partial charge in [-0.1, -0.05) is 66.9 Å². The van der Waals surface area contributed by atoms with Crippen molar-refractivity contribution in [2.24, 2.45) is 0 Å². The predicted octanol–water partition coefficient (Wildman–Crippen LogP) is 4.67. The van der Waals surface area contributed by atoms with Crippen LogP contribution < -0.4 is 4.90 Å². The third-order valence-electron chi connectivity index (χ3n) is 3.50. The van der Waals surface area contributed by atoms with E-state index in [2.05, 4.69) is 43.0 Å². The standard InChI is InChI=1S/C18H19NS2/c1-3-19(4-2)16-12-10-15(11-13-16)18(21)17(20)14-8-6-5-7-9-14/h5-13H,3-4H2,1-2H3. The first-order valence-corrected chi connectivity index (χ1v) is 7.98. The molecule has 0 N–H and O–H groups in total. The van der Waals surface area contributed by atoms with Crippen LogP contribution in [-0.4, -0.2) is 22.8 Å². The number of hydrogen-bond acceptors (Lipinski definition) is 3. The Bertz CT molecular complexity index is 613. The van der Waals surface area contributed by atoms with Gasteiger partial charge in [-0.2, -0.15) is 0 Å². The highest BCUT2D eigenvalue weighted by molar-refractivity contribution is 7.90. The minimum Gasteiger partial charge on any atom is -0.372 e. The topological polar surface area (TPSA) is 3.24 Å². The van der Waals surface area contributed by atoms with Crippen LogP contribution >= 0.6 is 24.4 Å². The third-order valence-corrected chi connectivity index (χ3v) is 4.51. The van der Waals surface area contributed by atoms with E-state index < -0.39 is 0 Å². The molecule has 0 fully saturated rings. The molecule has 2 aromatic rings. The molecule has 0 aliphatic carbocycles. The maximum atomic E-state index is 5.54. The Balaban J connectivity index is 2.19. The summed E-state index contributed by atoms with van der Waals surface area (Å²) in [5, 5.41) is 0. The Labute approximate surface area is 137 Å². The minimum atomic E-state index is 0.737. The molecule has 0 unspecified atom stereocenters. The largest absolute Gasteiger partial charge is 0.372 e. The smallest absolute Gasteiger partial charge is 0.0636 e. The van der Waals surface area contributed by atoms with Crippen molar-refractivity contribution in [2.75, 3.05) is 18.0 Å². The first-order chi connectivity index (χ1) is 10.2. The lowest BCUT2D eigenvalue weighted by Gasteiger charge is -2.21. The van der Waals surface area contributed by atoms with Gasteiger partial charge < -0.3 is 4.90 Å². The summed E-state index contributed by atoms with van der Waals surface area (Å²) < 4.78 is 0. The van der Waals surface area contributed by atoms with E-state index in [1.807, 2.05) is 30.3 Å². The molecular weight excluding hydrogens is 294 g/mol. The van der Waals surface area contributed by atoms with Gasteiger partial charge in [0.2, 0.25) is 0 Å². The molecule has 2 aromatic carbocycles. The fraction of sp³-hybridized carbons (Fsp3) is 0.222. The molecular formula is C18H19NS2. The summed E-state index contributed by atoms with van der Waals surface area (Å²) in [7, 11) is 0. The summed E-state index contributed by atoms with van der Waals surface area (Å²) in [6.07, 6.45) is 0. The van der Waals surface area contributed by atoms with Crippen LogP contribution in [0.25, 0.3) is 0 Å². The molecule has 21 heavy (non-hydrogen) atoms. The van der Waals surface area contributed by atoms with E-state index in [4.69, 9.17) is 24.4 Å². The predicted molar refractivity (Wildman–Crippen MR) is 99.8 cm³/mol. The SMILES string of the molecule is CCN(CC)c1ccc(C(=S)C(=S)c2ccccc2)cc1. The van der Waals surface area contributed by atoms with Gasteiger partial charge in [-0.3, -0.25) is 0 Å². The zero-order chi connectivity index (χ0) is 15.2. The second kappa shape index (κ2) is 7.43. The highest BCUT2D eigenvalue weighted by atomic mass is 32.1. The molecule has 0 saturated carbocycles. The zero-order valence-corrected chi connectivity index (χ0v) is 14.0. The van der Waals surface area contributed by atoms with Crippen LogP contribution in [0.4, 0.5) is 5.69 Å². The number of rotatable bonds is 6. The molecule has 0 aliphatic heterocycles. The molecule has 108 valence electrons. The van der Waals surface area contributed by atoms with Crippen LogP contribution in [0.5, 0.6) is 0 Å². The van der Waals surface area contributed by atoms with Gasteiger partial charge in [-0.15, -0.1) is 0 Å². The molecule has 3 heteroatoms. The average molecular weight is 313 g/mol.